The molecule has 3 aromatic rings. The molecule has 1 aliphatic rings. The maximum atomic E-state index is 12.8. The molecular formula is C20H17N3O3. The molecule has 1 aromatic heterocycles. The van der Waals surface area contributed by atoms with Crippen molar-refractivity contribution in [3.63, 3.8) is 0 Å². The Bertz CT molecular complexity index is 1030. The van der Waals surface area contributed by atoms with Crippen molar-refractivity contribution in [2.45, 2.75) is 12.3 Å². The summed E-state index contributed by atoms with van der Waals surface area (Å²) < 4.78 is 5.27. The molecule has 6 heteroatoms. The van der Waals surface area contributed by atoms with Gasteiger partial charge in [-0.25, -0.2) is 4.98 Å². The summed E-state index contributed by atoms with van der Waals surface area (Å²) in [7, 11) is 1.58. The molecular weight excluding hydrogens is 330 g/mol. The molecule has 0 aliphatic carbocycles. The molecule has 1 amide bonds. The number of anilines is 1. The van der Waals surface area contributed by atoms with E-state index in [9.17, 15) is 9.59 Å². The van der Waals surface area contributed by atoms with Crippen LogP contribution >= 0.6 is 0 Å². The first-order chi connectivity index (χ1) is 12.7. The van der Waals surface area contributed by atoms with Crippen LogP contribution in [-0.2, 0) is 4.79 Å². The van der Waals surface area contributed by atoms with Crippen molar-refractivity contribution in [2.75, 3.05) is 12.4 Å². The van der Waals surface area contributed by atoms with Crippen molar-refractivity contribution in [3.8, 4) is 17.1 Å². The number of aromatic nitrogens is 2. The second kappa shape index (κ2) is 6.48. The number of nitrogens with one attached hydrogen (secondary N) is 2. The molecule has 0 fully saturated rings. The van der Waals surface area contributed by atoms with Gasteiger partial charge in [-0.2, -0.15) is 0 Å². The number of fused-ring (bicyclic) bond motifs is 1. The zero-order chi connectivity index (χ0) is 18.1. The Morgan fingerprint density at radius 2 is 1.88 bits per heavy atom. The van der Waals surface area contributed by atoms with E-state index in [4.69, 9.17) is 4.74 Å². The van der Waals surface area contributed by atoms with Crippen LogP contribution in [0.2, 0.25) is 0 Å². The van der Waals surface area contributed by atoms with Gasteiger partial charge in [0.05, 0.1) is 12.7 Å². The Kier molecular flexibility index (Phi) is 4.01. The number of hydrogen-bond donors (Lipinski definition) is 2. The van der Waals surface area contributed by atoms with Gasteiger partial charge in [-0.3, -0.25) is 9.59 Å². The van der Waals surface area contributed by atoms with Gasteiger partial charge >= 0.3 is 0 Å². The molecule has 2 N–H and O–H groups in total. The highest BCUT2D eigenvalue weighted by atomic mass is 16.5. The normalized spacial score (nSPS) is 15.9. The van der Waals surface area contributed by atoms with Gasteiger partial charge in [0.25, 0.3) is 5.56 Å². The molecule has 0 saturated carbocycles. The van der Waals surface area contributed by atoms with Gasteiger partial charge in [0.2, 0.25) is 5.91 Å². The van der Waals surface area contributed by atoms with E-state index in [1.54, 1.807) is 7.11 Å². The summed E-state index contributed by atoms with van der Waals surface area (Å²) in [5, 5.41) is 2.74. The van der Waals surface area contributed by atoms with Crippen molar-refractivity contribution in [1.82, 2.24) is 9.97 Å². The van der Waals surface area contributed by atoms with Crippen LogP contribution in [0.25, 0.3) is 11.4 Å². The first-order valence-electron chi connectivity index (χ1n) is 8.29. The Morgan fingerprint density at radius 3 is 2.65 bits per heavy atom. The molecule has 26 heavy (non-hydrogen) atoms. The van der Waals surface area contributed by atoms with Crippen LogP contribution in [0, 0.1) is 0 Å². The van der Waals surface area contributed by atoms with Crippen LogP contribution in [0.5, 0.6) is 5.75 Å². The predicted octanol–water partition coefficient (Wildman–Crippen LogP) is 2.92. The number of benzene rings is 2. The maximum Gasteiger partial charge on any atom is 0.257 e. The fourth-order valence-electron chi connectivity index (χ4n) is 3.25. The SMILES string of the molecule is COc1cccc(C2CC(=O)Nc3nc(-c4ccccc4)[nH]c(=O)c32)c1. The smallest absolute Gasteiger partial charge is 0.257 e. The third-order valence-corrected chi connectivity index (χ3v) is 4.49. The summed E-state index contributed by atoms with van der Waals surface area (Å²) in [4.78, 5) is 32.4. The molecule has 130 valence electrons. The van der Waals surface area contributed by atoms with E-state index in [0.717, 1.165) is 11.1 Å². The molecule has 0 bridgehead atoms. The number of H-pyrrole nitrogens is 1. The predicted molar refractivity (Wildman–Crippen MR) is 98.4 cm³/mol. The molecule has 2 aromatic carbocycles. The highest BCUT2D eigenvalue weighted by Crippen LogP contribution is 2.35. The molecule has 2 heterocycles. The highest BCUT2D eigenvalue weighted by molar-refractivity contribution is 5.94. The van der Waals surface area contributed by atoms with Crippen molar-refractivity contribution in [1.29, 1.82) is 0 Å². The van der Waals surface area contributed by atoms with Gasteiger partial charge in [-0.05, 0) is 17.7 Å². The summed E-state index contributed by atoms with van der Waals surface area (Å²) >= 11 is 0. The van der Waals surface area contributed by atoms with E-state index >= 15 is 0 Å². The summed E-state index contributed by atoms with van der Waals surface area (Å²) in [6, 6.07) is 16.7. The number of aromatic amines is 1. The maximum absolute atomic E-state index is 12.8. The minimum Gasteiger partial charge on any atom is -0.497 e. The second-order valence-electron chi connectivity index (χ2n) is 6.12. The van der Waals surface area contributed by atoms with E-state index in [1.807, 2.05) is 54.6 Å². The Hall–Kier alpha value is -3.41. The number of carbonyl (C=O) groups is 1. The lowest BCUT2D eigenvalue weighted by atomic mass is 9.86. The van der Waals surface area contributed by atoms with E-state index in [0.29, 0.717) is 23.0 Å². The molecule has 1 atom stereocenters. The first kappa shape index (κ1) is 16.1. The molecule has 0 spiro atoms. The monoisotopic (exact) mass is 347 g/mol. The zero-order valence-electron chi connectivity index (χ0n) is 14.2. The third kappa shape index (κ3) is 2.86. The molecule has 1 aliphatic heterocycles. The van der Waals surface area contributed by atoms with Gasteiger partial charge in [0, 0.05) is 17.9 Å². The molecule has 6 nitrogen and oxygen atoms in total. The first-order valence-corrected chi connectivity index (χ1v) is 8.29. The number of carbonyl (C=O) groups excluding carboxylic acids is 1. The standard InChI is InChI=1S/C20H17N3O3/c1-26-14-9-5-8-13(10-14)15-11-16(24)21-19-17(15)20(25)23-18(22-19)12-6-3-2-4-7-12/h2-10,15H,11H2,1H3,(H2,21,22,23,24,25). The molecule has 1 unspecified atom stereocenters. The van der Waals surface area contributed by atoms with E-state index in [2.05, 4.69) is 15.3 Å². The van der Waals surface area contributed by atoms with Crippen molar-refractivity contribution in [2.24, 2.45) is 0 Å². The average molecular weight is 347 g/mol. The lowest BCUT2D eigenvalue weighted by Crippen LogP contribution is -2.31. The highest BCUT2D eigenvalue weighted by Gasteiger charge is 2.31. The van der Waals surface area contributed by atoms with E-state index in [1.165, 1.54) is 0 Å². The lowest BCUT2D eigenvalue weighted by Gasteiger charge is -2.24. The Morgan fingerprint density at radius 1 is 1.08 bits per heavy atom. The number of amides is 1. The van der Waals surface area contributed by atoms with Crippen LogP contribution < -0.4 is 15.6 Å². The topological polar surface area (TPSA) is 84.1 Å². The summed E-state index contributed by atoms with van der Waals surface area (Å²) in [5.74, 6) is 0.898. The molecule has 4 rings (SSSR count). The number of methoxy groups -OCH3 is 1. The van der Waals surface area contributed by atoms with Crippen molar-refractivity contribution < 1.29 is 9.53 Å². The van der Waals surface area contributed by atoms with Crippen LogP contribution in [0.4, 0.5) is 5.82 Å². The summed E-state index contributed by atoms with van der Waals surface area (Å²) in [6.07, 6.45) is 0.190. The van der Waals surface area contributed by atoms with E-state index in [-0.39, 0.29) is 23.8 Å². The van der Waals surface area contributed by atoms with Crippen LogP contribution in [0.15, 0.2) is 59.4 Å². The van der Waals surface area contributed by atoms with Crippen LogP contribution in [-0.4, -0.2) is 23.0 Å². The minimum atomic E-state index is -0.366. The van der Waals surface area contributed by atoms with Gasteiger partial charge < -0.3 is 15.0 Å². The Labute approximate surface area is 149 Å². The van der Waals surface area contributed by atoms with Crippen LogP contribution in [0.1, 0.15) is 23.5 Å². The van der Waals surface area contributed by atoms with Gasteiger partial charge in [-0.15, -0.1) is 0 Å². The fourth-order valence-corrected chi connectivity index (χ4v) is 3.25. The summed E-state index contributed by atoms with van der Waals surface area (Å²) in [5.41, 5.74) is 1.85. The number of ether oxygens (including phenoxy) is 1. The van der Waals surface area contributed by atoms with Crippen molar-refractivity contribution >= 4 is 11.7 Å². The van der Waals surface area contributed by atoms with Crippen LogP contribution in [0.3, 0.4) is 0 Å². The largest absolute Gasteiger partial charge is 0.497 e. The lowest BCUT2D eigenvalue weighted by molar-refractivity contribution is -0.116. The fraction of sp³-hybridized carbons (Fsp3) is 0.150. The molecule has 0 radical (unpaired) electrons. The van der Waals surface area contributed by atoms with Gasteiger partial charge in [-0.1, -0.05) is 42.5 Å². The average Bonchev–Trinajstić information content (AvgIpc) is 2.67. The summed E-state index contributed by atoms with van der Waals surface area (Å²) in [6.45, 7) is 0. The number of nitrogens with zero attached hydrogens (tertiary/aromatic N) is 1. The van der Waals surface area contributed by atoms with E-state index < -0.39 is 0 Å². The van der Waals surface area contributed by atoms with Gasteiger partial charge in [0.15, 0.2) is 0 Å². The Balaban J connectivity index is 1.85. The second-order valence-corrected chi connectivity index (χ2v) is 6.12. The number of hydrogen-bond acceptors (Lipinski definition) is 4. The zero-order valence-corrected chi connectivity index (χ0v) is 14.2. The minimum absolute atomic E-state index is 0.164. The number of rotatable bonds is 3. The van der Waals surface area contributed by atoms with Crippen molar-refractivity contribution in [3.05, 3.63) is 76.1 Å². The molecule has 0 saturated heterocycles. The van der Waals surface area contributed by atoms with Gasteiger partial charge in [0.1, 0.15) is 17.4 Å². The third-order valence-electron chi connectivity index (χ3n) is 4.49. The quantitative estimate of drug-likeness (QED) is 0.763.